The van der Waals surface area contributed by atoms with Crippen molar-refractivity contribution in [2.75, 3.05) is 4.90 Å². The summed E-state index contributed by atoms with van der Waals surface area (Å²) in [6.45, 7) is 4.79. The fourth-order valence-corrected chi connectivity index (χ4v) is 11.1. The average molecular weight is 856 g/mol. The number of nitrogens with zero attached hydrogens (tertiary/aromatic N) is 1. The van der Waals surface area contributed by atoms with Crippen molar-refractivity contribution in [2.45, 2.75) is 19.3 Å². The monoisotopic (exact) mass is 855 g/mol. The first kappa shape index (κ1) is 39.0. The molecule has 0 saturated carbocycles. The molecular weight excluding hydrogens is 811 g/mol. The maximum absolute atomic E-state index is 6.40. The normalized spacial score (nSPS) is 12.7. The quantitative estimate of drug-likeness (QED) is 0.159. The van der Waals surface area contributed by atoms with E-state index < -0.39 is 0 Å². The van der Waals surface area contributed by atoms with Gasteiger partial charge in [0, 0.05) is 32.8 Å². The molecular formula is C65H45NO. The number of hydrogen-bond acceptors (Lipinski definition) is 2. The van der Waals surface area contributed by atoms with E-state index in [-0.39, 0.29) is 5.41 Å². The Morgan fingerprint density at radius 3 is 1.88 bits per heavy atom. The largest absolute Gasteiger partial charge is 0.456 e. The third-order valence-corrected chi connectivity index (χ3v) is 14.2. The molecule has 0 unspecified atom stereocenters. The van der Waals surface area contributed by atoms with Gasteiger partial charge in [0.25, 0.3) is 0 Å². The van der Waals surface area contributed by atoms with E-state index in [2.05, 4.69) is 249 Å². The lowest BCUT2D eigenvalue weighted by Crippen LogP contribution is -2.17. The molecule has 316 valence electrons. The van der Waals surface area contributed by atoms with Gasteiger partial charge >= 0.3 is 0 Å². The Balaban J connectivity index is 1.13. The minimum Gasteiger partial charge on any atom is -0.456 e. The summed E-state index contributed by atoms with van der Waals surface area (Å²) in [4.78, 5) is 2.53. The van der Waals surface area contributed by atoms with Gasteiger partial charge in [-0.05, 0) is 126 Å². The standard InChI is InChI=1S/C65H45NO/c1-65(2)58-30-12-10-24-52(58)55-28-15-29-56(64(55)65)63-50(47-35-38-62-57(41-47)54-26-11-13-32-61(54)67-62)27-16-31-60(63)66(48-22-14-21-45(40-48)46-34-33-42-17-6-7-20-44(42)39-46)59-37-36-49(43-18-4-3-5-19-43)51-23-8-9-25-53(51)59/h3-41H,1-2H3. The van der Waals surface area contributed by atoms with Gasteiger partial charge in [-0.15, -0.1) is 0 Å². The van der Waals surface area contributed by atoms with Crippen molar-refractivity contribution >= 4 is 60.5 Å². The molecule has 11 aromatic carbocycles. The van der Waals surface area contributed by atoms with Crippen LogP contribution in [0.5, 0.6) is 0 Å². The Kier molecular flexibility index (Phi) is 8.91. The highest BCUT2D eigenvalue weighted by atomic mass is 16.3. The summed E-state index contributed by atoms with van der Waals surface area (Å²) in [6.07, 6.45) is 0. The Labute approximate surface area is 390 Å². The molecule has 12 aromatic rings. The van der Waals surface area contributed by atoms with Crippen LogP contribution in [0.4, 0.5) is 17.1 Å². The fraction of sp³-hybridized carbons (Fsp3) is 0.0462. The van der Waals surface area contributed by atoms with Crippen LogP contribution < -0.4 is 4.90 Å². The molecule has 2 nitrogen and oxygen atoms in total. The summed E-state index contributed by atoms with van der Waals surface area (Å²) in [5.74, 6) is 0. The average Bonchev–Trinajstić information content (AvgIpc) is 3.88. The first-order chi connectivity index (χ1) is 33.0. The first-order valence-electron chi connectivity index (χ1n) is 23.2. The topological polar surface area (TPSA) is 16.4 Å². The summed E-state index contributed by atoms with van der Waals surface area (Å²) in [5, 5.41) is 7.06. The molecule has 1 heterocycles. The van der Waals surface area contributed by atoms with Gasteiger partial charge in [0.2, 0.25) is 0 Å². The van der Waals surface area contributed by atoms with Crippen LogP contribution in [0.3, 0.4) is 0 Å². The van der Waals surface area contributed by atoms with Crippen molar-refractivity contribution in [1.29, 1.82) is 0 Å². The fourth-order valence-electron chi connectivity index (χ4n) is 11.1. The predicted octanol–water partition coefficient (Wildman–Crippen LogP) is 18.3. The van der Waals surface area contributed by atoms with Crippen LogP contribution in [0.2, 0.25) is 0 Å². The number of fused-ring (bicyclic) bond motifs is 8. The van der Waals surface area contributed by atoms with Gasteiger partial charge in [-0.2, -0.15) is 0 Å². The van der Waals surface area contributed by atoms with Crippen LogP contribution in [0.1, 0.15) is 25.0 Å². The molecule has 13 rings (SSSR count). The lowest BCUT2D eigenvalue weighted by atomic mass is 9.77. The van der Waals surface area contributed by atoms with Crippen LogP contribution in [-0.4, -0.2) is 0 Å². The van der Waals surface area contributed by atoms with Gasteiger partial charge in [-0.25, -0.2) is 0 Å². The molecule has 2 heteroatoms. The predicted molar refractivity (Wildman–Crippen MR) is 283 cm³/mol. The molecule has 0 radical (unpaired) electrons. The van der Waals surface area contributed by atoms with E-state index in [9.17, 15) is 0 Å². The third kappa shape index (κ3) is 6.25. The van der Waals surface area contributed by atoms with Gasteiger partial charge in [-0.1, -0.05) is 202 Å². The van der Waals surface area contributed by atoms with Gasteiger partial charge in [0.1, 0.15) is 11.2 Å². The molecule has 0 amide bonds. The summed E-state index contributed by atoms with van der Waals surface area (Å²) in [7, 11) is 0. The van der Waals surface area contributed by atoms with Crippen molar-refractivity contribution in [1.82, 2.24) is 0 Å². The Morgan fingerprint density at radius 1 is 0.343 bits per heavy atom. The lowest BCUT2D eigenvalue weighted by Gasteiger charge is -2.32. The highest BCUT2D eigenvalue weighted by Crippen LogP contribution is 2.56. The molecule has 0 fully saturated rings. The maximum Gasteiger partial charge on any atom is 0.135 e. The Hall–Kier alpha value is -8.46. The van der Waals surface area contributed by atoms with Crippen molar-refractivity contribution in [3.8, 4) is 55.6 Å². The molecule has 1 aromatic heterocycles. The second kappa shape index (κ2) is 15.3. The Morgan fingerprint density at radius 2 is 0.985 bits per heavy atom. The summed E-state index contributed by atoms with van der Waals surface area (Å²) in [5.41, 5.74) is 19.5. The highest BCUT2D eigenvalue weighted by Gasteiger charge is 2.38. The molecule has 0 N–H and O–H groups in total. The second-order valence-corrected chi connectivity index (χ2v) is 18.4. The SMILES string of the molecule is CC1(C)c2ccccc2-c2cccc(-c3c(-c4ccc5oc6ccccc6c5c4)cccc3N(c3cccc(-c4ccc5ccccc5c4)c3)c3ccc(-c4ccccc4)c4ccccc34)c21. The van der Waals surface area contributed by atoms with Crippen LogP contribution in [0.15, 0.2) is 241 Å². The zero-order chi connectivity index (χ0) is 44.6. The molecule has 0 spiro atoms. The minimum atomic E-state index is -0.261. The van der Waals surface area contributed by atoms with E-state index in [1.807, 2.05) is 6.07 Å². The summed E-state index contributed by atoms with van der Waals surface area (Å²) < 4.78 is 6.40. The second-order valence-electron chi connectivity index (χ2n) is 18.4. The molecule has 1 aliphatic rings. The van der Waals surface area contributed by atoms with Crippen LogP contribution >= 0.6 is 0 Å². The molecule has 0 bridgehead atoms. The Bertz CT molecular complexity index is 3910. The smallest absolute Gasteiger partial charge is 0.135 e. The number of hydrogen-bond donors (Lipinski definition) is 0. The van der Waals surface area contributed by atoms with Gasteiger partial charge < -0.3 is 9.32 Å². The molecule has 0 saturated heterocycles. The maximum atomic E-state index is 6.40. The van der Waals surface area contributed by atoms with E-state index >= 15 is 0 Å². The van der Waals surface area contributed by atoms with E-state index in [1.165, 1.54) is 71.6 Å². The van der Waals surface area contributed by atoms with Crippen LogP contribution in [0, 0.1) is 0 Å². The van der Waals surface area contributed by atoms with Crippen LogP contribution in [-0.2, 0) is 5.41 Å². The van der Waals surface area contributed by atoms with Crippen molar-refractivity contribution < 1.29 is 4.42 Å². The molecule has 0 aliphatic heterocycles. The molecule has 0 atom stereocenters. The summed E-state index contributed by atoms with van der Waals surface area (Å²) in [6, 6.07) is 86.8. The first-order valence-corrected chi connectivity index (χ1v) is 23.2. The number of benzene rings is 11. The minimum absolute atomic E-state index is 0.261. The highest BCUT2D eigenvalue weighted by molar-refractivity contribution is 6.11. The zero-order valence-corrected chi connectivity index (χ0v) is 37.4. The number of furan rings is 1. The van der Waals surface area contributed by atoms with Crippen LogP contribution in [0.25, 0.3) is 99.1 Å². The lowest BCUT2D eigenvalue weighted by molar-refractivity contribution is 0.662. The van der Waals surface area contributed by atoms with E-state index in [1.54, 1.807) is 0 Å². The molecule has 1 aliphatic carbocycles. The van der Waals surface area contributed by atoms with Crippen molar-refractivity contribution in [2.24, 2.45) is 0 Å². The number of para-hydroxylation sites is 1. The third-order valence-electron chi connectivity index (χ3n) is 14.2. The van der Waals surface area contributed by atoms with Gasteiger partial charge in [-0.3, -0.25) is 0 Å². The van der Waals surface area contributed by atoms with Gasteiger partial charge in [0.05, 0.1) is 11.4 Å². The zero-order valence-electron chi connectivity index (χ0n) is 37.4. The van der Waals surface area contributed by atoms with Crippen molar-refractivity contribution in [3.05, 3.63) is 248 Å². The summed E-state index contributed by atoms with van der Waals surface area (Å²) >= 11 is 0. The van der Waals surface area contributed by atoms with Gasteiger partial charge in [0.15, 0.2) is 0 Å². The number of rotatable bonds is 7. The molecule has 67 heavy (non-hydrogen) atoms. The van der Waals surface area contributed by atoms with E-state index in [0.717, 1.165) is 55.7 Å². The van der Waals surface area contributed by atoms with Crippen molar-refractivity contribution in [3.63, 3.8) is 0 Å². The van der Waals surface area contributed by atoms with E-state index in [0.29, 0.717) is 0 Å². The number of anilines is 3. The van der Waals surface area contributed by atoms with E-state index in [4.69, 9.17) is 4.42 Å².